The Kier molecular flexibility index (Phi) is 9.02. The van der Waals surface area contributed by atoms with Gasteiger partial charge in [-0.05, 0) is 43.2 Å². The van der Waals surface area contributed by atoms with E-state index in [4.69, 9.17) is 24.8 Å². The third-order valence-corrected chi connectivity index (χ3v) is 3.85. The molecule has 0 spiro atoms. The van der Waals surface area contributed by atoms with Crippen LogP contribution < -0.4 is 4.74 Å². The summed E-state index contributed by atoms with van der Waals surface area (Å²) in [6.45, 7) is 3.73. The van der Waals surface area contributed by atoms with Gasteiger partial charge in [0.1, 0.15) is 0 Å². The van der Waals surface area contributed by atoms with Crippen LogP contribution in [0.25, 0.3) is 6.08 Å². The minimum absolute atomic E-state index is 0.0655. The maximum absolute atomic E-state index is 11.0. The SMILES string of the molecule is CCOC(=O)/C=C/c1ccc(O)c(OC)c1.CCc1c(C(=O)O)cc(O)c(O)c1O. The number of carbonyl (C=O) groups excluding carboxylic acids is 1. The molecule has 2 rings (SSSR count). The molecule has 0 saturated carbocycles. The molecule has 0 atom stereocenters. The summed E-state index contributed by atoms with van der Waals surface area (Å²) in [6.07, 6.45) is 3.18. The Morgan fingerprint density at radius 1 is 1.00 bits per heavy atom. The number of benzene rings is 2. The number of ether oxygens (including phenoxy) is 2. The summed E-state index contributed by atoms with van der Waals surface area (Å²) >= 11 is 0. The Morgan fingerprint density at radius 3 is 2.20 bits per heavy atom. The molecular weight excluding hydrogens is 396 g/mol. The Labute approximate surface area is 173 Å². The van der Waals surface area contributed by atoms with Gasteiger partial charge in [0.25, 0.3) is 0 Å². The van der Waals surface area contributed by atoms with E-state index in [1.807, 2.05) is 0 Å². The minimum atomic E-state index is -1.26. The first-order valence-electron chi connectivity index (χ1n) is 8.88. The van der Waals surface area contributed by atoms with E-state index >= 15 is 0 Å². The molecule has 0 aromatic heterocycles. The quantitative estimate of drug-likeness (QED) is 0.269. The number of carboxylic acids is 1. The molecule has 0 radical (unpaired) electrons. The van der Waals surface area contributed by atoms with Crippen molar-refractivity contribution < 1.29 is 44.6 Å². The van der Waals surface area contributed by atoms with E-state index < -0.39 is 29.2 Å². The van der Waals surface area contributed by atoms with Crippen molar-refractivity contribution in [2.24, 2.45) is 0 Å². The maximum Gasteiger partial charge on any atom is 0.336 e. The molecule has 5 N–H and O–H groups in total. The van der Waals surface area contributed by atoms with Crippen LogP contribution in [-0.2, 0) is 16.0 Å². The van der Waals surface area contributed by atoms with Crippen LogP contribution in [0, 0.1) is 0 Å². The van der Waals surface area contributed by atoms with Crippen LogP contribution in [0.15, 0.2) is 30.3 Å². The third-order valence-electron chi connectivity index (χ3n) is 3.85. The molecule has 0 saturated heterocycles. The van der Waals surface area contributed by atoms with Crippen molar-refractivity contribution >= 4 is 18.0 Å². The minimum Gasteiger partial charge on any atom is -0.504 e. The van der Waals surface area contributed by atoms with Crippen LogP contribution in [0.5, 0.6) is 28.7 Å². The van der Waals surface area contributed by atoms with E-state index in [2.05, 4.69) is 0 Å². The van der Waals surface area contributed by atoms with E-state index in [-0.39, 0.29) is 23.3 Å². The average Bonchev–Trinajstić information content (AvgIpc) is 2.71. The normalized spacial score (nSPS) is 10.2. The first kappa shape index (κ1) is 24.2. The van der Waals surface area contributed by atoms with Gasteiger partial charge in [-0.1, -0.05) is 13.0 Å². The summed E-state index contributed by atoms with van der Waals surface area (Å²) in [5.41, 5.74) is 0.649. The molecule has 0 aliphatic heterocycles. The van der Waals surface area contributed by atoms with E-state index in [0.29, 0.717) is 12.4 Å². The highest BCUT2D eigenvalue weighted by molar-refractivity contribution is 5.91. The van der Waals surface area contributed by atoms with Gasteiger partial charge in [0, 0.05) is 11.6 Å². The molecule has 0 unspecified atom stereocenters. The second-order valence-corrected chi connectivity index (χ2v) is 5.79. The molecule has 2 aromatic rings. The van der Waals surface area contributed by atoms with Gasteiger partial charge in [-0.2, -0.15) is 0 Å². The number of phenolic OH excluding ortho intramolecular Hbond substituents is 4. The van der Waals surface area contributed by atoms with Crippen molar-refractivity contribution in [1.82, 2.24) is 0 Å². The number of esters is 1. The summed E-state index contributed by atoms with van der Waals surface area (Å²) in [6, 6.07) is 5.72. The Hall–Kier alpha value is -3.88. The van der Waals surface area contributed by atoms with E-state index in [1.165, 1.54) is 19.3 Å². The highest BCUT2D eigenvalue weighted by atomic mass is 16.5. The first-order chi connectivity index (χ1) is 14.2. The lowest BCUT2D eigenvalue weighted by Crippen LogP contribution is -2.02. The topological polar surface area (TPSA) is 154 Å². The number of methoxy groups -OCH3 is 1. The number of carbonyl (C=O) groups is 2. The van der Waals surface area contributed by atoms with Crippen LogP contribution in [-0.4, -0.2) is 51.2 Å². The number of hydrogen-bond donors (Lipinski definition) is 5. The predicted octanol–water partition coefficient (Wildman–Crippen LogP) is 3.04. The fourth-order valence-electron chi connectivity index (χ4n) is 2.39. The standard InChI is InChI=1S/C12H14O4.C9H10O5/c1-3-16-12(14)7-5-9-4-6-10(13)11(8-9)15-2;1-2-4-5(9(13)14)3-6(10)8(12)7(4)11/h4-8,13H,3H2,1-2H3;3,10-12H,2H2,1H3,(H,13,14)/b7-5+;. The van der Waals surface area contributed by atoms with E-state index in [9.17, 15) is 19.8 Å². The molecule has 30 heavy (non-hydrogen) atoms. The monoisotopic (exact) mass is 420 g/mol. The van der Waals surface area contributed by atoms with Crippen molar-refractivity contribution in [3.05, 3.63) is 47.0 Å². The molecule has 0 heterocycles. The third kappa shape index (κ3) is 6.33. The predicted molar refractivity (Wildman–Crippen MR) is 108 cm³/mol. The largest absolute Gasteiger partial charge is 0.504 e. The molecule has 0 fully saturated rings. The summed E-state index contributed by atoms with van der Waals surface area (Å²) < 4.78 is 9.68. The molecule has 162 valence electrons. The van der Waals surface area contributed by atoms with Gasteiger partial charge in [-0.25, -0.2) is 9.59 Å². The molecule has 0 aliphatic carbocycles. The van der Waals surface area contributed by atoms with Crippen LogP contribution >= 0.6 is 0 Å². The van der Waals surface area contributed by atoms with Gasteiger partial charge in [0.15, 0.2) is 23.0 Å². The van der Waals surface area contributed by atoms with Crippen LogP contribution in [0.2, 0.25) is 0 Å². The zero-order valence-corrected chi connectivity index (χ0v) is 16.7. The molecule has 9 nitrogen and oxygen atoms in total. The Balaban J connectivity index is 0.000000303. The summed E-state index contributed by atoms with van der Waals surface area (Å²) in [5.74, 6) is -3.13. The highest BCUT2D eigenvalue weighted by Crippen LogP contribution is 2.39. The number of aromatic hydroxyl groups is 4. The van der Waals surface area contributed by atoms with Crippen LogP contribution in [0.4, 0.5) is 0 Å². The molecule has 9 heteroatoms. The van der Waals surface area contributed by atoms with Crippen molar-refractivity contribution in [2.45, 2.75) is 20.3 Å². The zero-order valence-electron chi connectivity index (χ0n) is 16.7. The Morgan fingerprint density at radius 2 is 1.67 bits per heavy atom. The average molecular weight is 420 g/mol. The molecule has 0 bridgehead atoms. The van der Waals surface area contributed by atoms with Gasteiger partial charge >= 0.3 is 11.9 Å². The second-order valence-electron chi connectivity index (χ2n) is 5.79. The number of carboxylic acid groups (broad SMARTS) is 1. The molecule has 2 aromatic carbocycles. The second kappa shape index (κ2) is 11.2. The molecule has 0 aliphatic rings. The van der Waals surface area contributed by atoms with Crippen molar-refractivity contribution in [3.8, 4) is 28.7 Å². The number of phenols is 4. The van der Waals surface area contributed by atoms with Crippen molar-refractivity contribution in [1.29, 1.82) is 0 Å². The number of rotatable bonds is 6. The first-order valence-corrected chi connectivity index (χ1v) is 8.88. The zero-order chi connectivity index (χ0) is 22.8. The maximum atomic E-state index is 11.0. The van der Waals surface area contributed by atoms with Gasteiger partial charge in [-0.15, -0.1) is 0 Å². The summed E-state index contributed by atoms with van der Waals surface area (Å²) in [4.78, 5) is 21.7. The van der Waals surface area contributed by atoms with Crippen LogP contribution in [0.1, 0.15) is 35.3 Å². The van der Waals surface area contributed by atoms with Gasteiger partial charge in [0.05, 0.1) is 19.3 Å². The summed E-state index contributed by atoms with van der Waals surface area (Å²) in [5, 5.41) is 45.6. The lowest BCUT2D eigenvalue weighted by Gasteiger charge is -2.09. The fraction of sp³-hybridized carbons (Fsp3) is 0.238. The van der Waals surface area contributed by atoms with Crippen LogP contribution in [0.3, 0.4) is 0 Å². The smallest absolute Gasteiger partial charge is 0.336 e. The fourth-order valence-corrected chi connectivity index (χ4v) is 2.39. The number of hydrogen-bond acceptors (Lipinski definition) is 8. The number of aromatic carboxylic acids is 1. The lowest BCUT2D eigenvalue weighted by molar-refractivity contribution is -0.137. The van der Waals surface area contributed by atoms with Crippen molar-refractivity contribution in [3.63, 3.8) is 0 Å². The van der Waals surface area contributed by atoms with Crippen molar-refractivity contribution in [2.75, 3.05) is 13.7 Å². The lowest BCUT2D eigenvalue weighted by atomic mass is 10.0. The van der Waals surface area contributed by atoms with Gasteiger partial charge in [0.2, 0.25) is 5.75 Å². The highest BCUT2D eigenvalue weighted by Gasteiger charge is 2.19. The summed E-state index contributed by atoms with van der Waals surface area (Å²) in [7, 11) is 1.47. The molecule has 0 amide bonds. The van der Waals surface area contributed by atoms with E-state index in [1.54, 1.807) is 32.1 Å². The Bertz CT molecular complexity index is 933. The molecular formula is C21H24O9. The van der Waals surface area contributed by atoms with Gasteiger partial charge in [-0.3, -0.25) is 0 Å². The van der Waals surface area contributed by atoms with E-state index in [0.717, 1.165) is 11.6 Å². The van der Waals surface area contributed by atoms with Gasteiger partial charge < -0.3 is 35.0 Å².